The lowest BCUT2D eigenvalue weighted by Gasteiger charge is -2.15. The Hall–Kier alpha value is -2.53. The van der Waals surface area contributed by atoms with Gasteiger partial charge in [0.25, 0.3) is 0 Å². The highest BCUT2D eigenvalue weighted by atomic mass is 16.5. The summed E-state index contributed by atoms with van der Waals surface area (Å²) in [6.45, 7) is 8.04. The van der Waals surface area contributed by atoms with Gasteiger partial charge in [-0.3, -0.25) is 0 Å². The van der Waals surface area contributed by atoms with Gasteiger partial charge in [0.05, 0.1) is 30.3 Å². The van der Waals surface area contributed by atoms with Crippen molar-refractivity contribution in [3.05, 3.63) is 53.9 Å². The largest absolute Gasteiger partial charge is 0.490 e. The highest BCUT2D eigenvalue weighted by Gasteiger charge is 2.08. The van der Waals surface area contributed by atoms with E-state index in [1.54, 1.807) is 0 Å². The maximum absolute atomic E-state index is 5.80. The molecule has 0 aliphatic carbocycles. The van der Waals surface area contributed by atoms with E-state index in [-0.39, 0.29) is 6.10 Å². The Balaban J connectivity index is 1.63. The summed E-state index contributed by atoms with van der Waals surface area (Å²) >= 11 is 0. The lowest BCUT2D eigenvalue weighted by atomic mass is 10.2. The fourth-order valence-corrected chi connectivity index (χ4v) is 2.70. The number of benzene rings is 2. The Morgan fingerprint density at radius 2 is 1.92 bits per heavy atom. The van der Waals surface area contributed by atoms with Crippen molar-refractivity contribution in [1.82, 2.24) is 15.3 Å². The summed E-state index contributed by atoms with van der Waals surface area (Å²) < 4.78 is 11.5. The van der Waals surface area contributed by atoms with Gasteiger partial charge in [0.15, 0.2) is 11.5 Å². The SMILES string of the molecule is CCOc1cc(CNCc2nc3ccccc3[nH]2)ccc1OC(C)C. The van der Waals surface area contributed by atoms with E-state index in [2.05, 4.69) is 21.4 Å². The Bertz CT molecular complexity index is 794. The minimum Gasteiger partial charge on any atom is -0.490 e. The van der Waals surface area contributed by atoms with E-state index < -0.39 is 0 Å². The smallest absolute Gasteiger partial charge is 0.161 e. The molecular weight excluding hydrogens is 314 g/mol. The quantitative estimate of drug-likeness (QED) is 0.650. The molecule has 0 saturated carbocycles. The Labute approximate surface area is 148 Å². The molecule has 0 saturated heterocycles. The van der Waals surface area contributed by atoms with Crippen molar-refractivity contribution in [2.45, 2.75) is 40.0 Å². The van der Waals surface area contributed by atoms with Gasteiger partial charge < -0.3 is 19.8 Å². The van der Waals surface area contributed by atoms with Crippen molar-refractivity contribution in [2.24, 2.45) is 0 Å². The molecule has 0 bridgehead atoms. The first-order valence-corrected chi connectivity index (χ1v) is 8.72. The molecule has 1 aromatic heterocycles. The van der Waals surface area contributed by atoms with E-state index >= 15 is 0 Å². The highest BCUT2D eigenvalue weighted by molar-refractivity contribution is 5.74. The molecule has 3 rings (SSSR count). The summed E-state index contributed by atoms with van der Waals surface area (Å²) in [6, 6.07) is 14.1. The Kier molecular flexibility index (Phi) is 5.56. The second kappa shape index (κ2) is 8.03. The van der Waals surface area contributed by atoms with E-state index in [0.29, 0.717) is 13.2 Å². The Morgan fingerprint density at radius 3 is 2.68 bits per heavy atom. The number of H-pyrrole nitrogens is 1. The van der Waals surface area contributed by atoms with E-state index in [9.17, 15) is 0 Å². The number of aromatic amines is 1. The molecule has 132 valence electrons. The van der Waals surface area contributed by atoms with Gasteiger partial charge in [0.1, 0.15) is 5.82 Å². The van der Waals surface area contributed by atoms with Gasteiger partial charge in [-0.05, 0) is 50.6 Å². The zero-order valence-corrected chi connectivity index (χ0v) is 15.0. The van der Waals surface area contributed by atoms with Gasteiger partial charge in [-0.15, -0.1) is 0 Å². The highest BCUT2D eigenvalue weighted by Crippen LogP contribution is 2.29. The molecule has 0 radical (unpaired) electrons. The van der Waals surface area contributed by atoms with Crippen LogP contribution in [0.4, 0.5) is 0 Å². The minimum atomic E-state index is 0.122. The fraction of sp³-hybridized carbons (Fsp3) is 0.350. The minimum absolute atomic E-state index is 0.122. The van der Waals surface area contributed by atoms with Crippen LogP contribution in [0.3, 0.4) is 0 Å². The lowest BCUT2D eigenvalue weighted by molar-refractivity contribution is 0.223. The van der Waals surface area contributed by atoms with Gasteiger partial charge in [0, 0.05) is 6.54 Å². The number of ether oxygens (including phenoxy) is 2. The summed E-state index contributed by atoms with van der Waals surface area (Å²) in [4.78, 5) is 7.90. The molecule has 0 aliphatic rings. The summed E-state index contributed by atoms with van der Waals surface area (Å²) in [7, 11) is 0. The second-order valence-corrected chi connectivity index (χ2v) is 6.18. The fourth-order valence-electron chi connectivity index (χ4n) is 2.70. The molecule has 1 heterocycles. The number of para-hydroxylation sites is 2. The molecule has 0 unspecified atom stereocenters. The molecule has 2 aromatic carbocycles. The van der Waals surface area contributed by atoms with Gasteiger partial charge >= 0.3 is 0 Å². The molecule has 0 fully saturated rings. The molecular formula is C20H25N3O2. The van der Waals surface area contributed by atoms with Crippen LogP contribution in [0.2, 0.25) is 0 Å². The average Bonchev–Trinajstić information content (AvgIpc) is 2.99. The van der Waals surface area contributed by atoms with Crippen LogP contribution in [-0.4, -0.2) is 22.7 Å². The first kappa shape index (κ1) is 17.3. The number of aromatic nitrogens is 2. The predicted octanol–water partition coefficient (Wildman–Crippen LogP) is 4.04. The van der Waals surface area contributed by atoms with E-state index in [0.717, 1.165) is 40.5 Å². The first-order valence-electron chi connectivity index (χ1n) is 8.72. The third-order valence-electron chi connectivity index (χ3n) is 3.73. The zero-order valence-electron chi connectivity index (χ0n) is 15.0. The van der Waals surface area contributed by atoms with Gasteiger partial charge in [-0.2, -0.15) is 0 Å². The van der Waals surface area contributed by atoms with E-state index in [1.807, 2.05) is 57.2 Å². The predicted molar refractivity (Wildman–Crippen MR) is 100 cm³/mol. The molecule has 2 N–H and O–H groups in total. The number of hydrogen-bond acceptors (Lipinski definition) is 4. The van der Waals surface area contributed by atoms with Gasteiger partial charge in [0.2, 0.25) is 0 Å². The monoisotopic (exact) mass is 339 g/mol. The van der Waals surface area contributed by atoms with Crippen LogP contribution in [0.25, 0.3) is 11.0 Å². The molecule has 0 spiro atoms. The summed E-state index contributed by atoms with van der Waals surface area (Å²) in [5.74, 6) is 2.52. The standard InChI is InChI=1S/C20H25N3O2/c1-4-24-19-11-15(9-10-18(19)25-14(2)3)12-21-13-20-22-16-7-5-6-8-17(16)23-20/h5-11,14,21H,4,12-13H2,1-3H3,(H,22,23). The van der Waals surface area contributed by atoms with Crippen molar-refractivity contribution in [3.8, 4) is 11.5 Å². The third kappa shape index (κ3) is 4.51. The maximum atomic E-state index is 5.80. The normalized spacial score (nSPS) is 11.2. The van der Waals surface area contributed by atoms with Crippen LogP contribution in [0.5, 0.6) is 11.5 Å². The van der Waals surface area contributed by atoms with Gasteiger partial charge in [-0.25, -0.2) is 4.98 Å². The summed E-state index contributed by atoms with van der Waals surface area (Å²) in [5, 5.41) is 3.42. The number of nitrogens with zero attached hydrogens (tertiary/aromatic N) is 1. The average molecular weight is 339 g/mol. The van der Waals surface area contributed by atoms with Crippen LogP contribution in [-0.2, 0) is 13.1 Å². The van der Waals surface area contributed by atoms with Crippen LogP contribution < -0.4 is 14.8 Å². The van der Waals surface area contributed by atoms with Crippen molar-refractivity contribution >= 4 is 11.0 Å². The topological polar surface area (TPSA) is 59.2 Å². The molecule has 3 aromatic rings. The number of rotatable bonds is 8. The Morgan fingerprint density at radius 1 is 1.08 bits per heavy atom. The first-order chi connectivity index (χ1) is 12.2. The van der Waals surface area contributed by atoms with Crippen LogP contribution >= 0.6 is 0 Å². The number of fused-ring (bicyclic) bond motifs is 1. The number of hydrogen-bond donors (Lipinski definition) is 2. The lowest BCUT2D eigenvalue weighted by Crippen LogP contribution is -2.14. The number of nitrogens with one attached hydrogen (secondary N) is 2. The van der Waals surface area contributed by atoms with E-state index in [1.165, 1.54) is 0 Å². The zero-order chi connectivity index (χ0) is 17.6. The van der Waals surface area contributed by atoms with Crippen molar-refractivity contribution in [1.29, 1.82) is 0 Å². The molecule has 0 atom stereocenters. The van der Waals surface area contributed by atoms with Crippen molar-refractivity contribution in [2.75, 3.05) is 6.61 Å². The van der Waals surface area contributed by atoms with Crippen LogP contribution in [0.15, 0.2) is 42.5 Å². The van der Waals surface area contributed by atoms with E-state index in [4.69, 9.17) is 9.47 Å². The molecule has 0 aliphatic heterocycles. The third-order valence-corrected chi connectivity index (χ3v) is 3.73. The molecule has 5 heteroatoms. The van der Waals surface area contributed by atoms with Crippen molar-refractivity contribution < 1.29 is 9.47 Å². The molecule has 0 amide bonds. The summed E-state index contributed by atoms with van der Waals surface area (Å²) in [5.41, 5.74) is 3.21. The van der Waals surface area contributed by atoms with Crippen LogP contribution in [0, 0.1) is 0 Å². The van der Waals surface area contributed by atoms with Crippen molar-refractivity contribution in [3.63, 3.8) is 0 Å². The number of imidazole rings is 1. The molecule has 5 nitrogen and oxygen atoms in total. The van der Waals surface area contributed by atoms with Crippen LogP contribution in [0.1, 0.15) is 32.2 Å². The second-order valence-electron chi connectivity index (χ2n) is 6.18. The maximum Gasteiger partial charge on any atom is 0.161 e. The molecule has 25 heavy (non-hydrogen) atoms. The van der Waals surface area contributed by atoms with Gasteiger partial charge in [-0.1, -0.05) is 18.2 Å². The summed E-state index contributed by atoms with van der Waals surface area (Å²) in [6.07, 6.45) is 0.122.